The SMILES string of the molecule is CCN(CCCCCO)Cc1ccco1. The number of rotatable bonds is 8. The molecule has 0 atom stereocenters. The van der Waals surface area contributed by atoms with Crippen molar-refractivity contribution in [1.29, 1.82) is 0 Å². The van der Waals surface area contributed by atoms with Crippen LogP contribution in [0.3, 0.4) is 0 Å². The van der Waals surface area contributed by atoms with Crippen LogP contribution in [0.4, 0.5) is 0 Å². The number of hydrogen-bond donors (Lipinski definition) is 1. The molecule has 0 unspecified atom stereocenters. The van der Waals surface area contributed by atoms with Gasteiger partial charge in [0.1, 0.15) is 5.76 Å². The van der Waals surface area contributed by atoms with Crippen LogP contribution in [0.15, 0.2) is 22.8 Å². The minimum absolute atomic E-state index is 0.310. The Kier molecular flexibility index (Phi) is 6.12. The number of nitrogens with zero attached hydrogens (tertiary/aromatic N) is 1. The van der Waals surface area contributed by atoms with E-state index < -0.39 is 0 Å². The summed E-state index contributed by atoms with van der Waals surface area (Å²) in [6.45, 7) is 5.49. The fraction of sp³-hybridized carbons (Fsp3) is 0.667. The Balaban J connectivity index is 2.18. The molecule has 0 aliphatic carbocycles. The third-order valence-corrected chi connectivity index (χ3v) is 2.54. The van der Waals surface area contributed by atoms with Crippen molar-refractivity contribution >= 4 is 0 Å². The predicted octanol–water partition coefficient (Wildman–Crippen LogP) is 2.26. The molecule has 0 spiro atoms. The van der Waals surface area contributed by atoms with Crippen molar-refractivity contribution in [2.45, 2.75) is 32.7 Å². The number of unbranched alkanes of at least 4 members (excludes halogenated alkanes) is 2. The van der Waals surface area contributed by atoms with E-state index in [1.807, 2.05) is 12.1 Å². The van der Waals surface area contributed by atoms with Gasteiger partial charge in [-0.05, 0) is 44.5 Å². The van der Waals surface area contributed by atoms with Crippen LogP contribution < -0.4 is 0 Å². The molecular weight excluding hydrogens is 190 g/mol. The molecule has 1 rings (SSSR count). The van der Waals surface area contributed by atoms with Gasteiger partial charge >= 0.3 is 0 Å². The lowest BCUT2D eigenvalue weighted by atomic mass is 10.2. The van der Waals surface area contributed by atoms with E-state index in [9.17, 15) is 0 Å². The Morgan fingerprint density at radius 3 is 2.80 bits per heavy atom. The van der Waals surface area contributed by atoms with Crippen molar-refractivity contribution in [3.05, 3.63) is 24.2 Å². The van der Waals surface area contributed by atoms with E-state index in [0.29, 0.717) is 6.61 Å². The van der Waals surface area contributed by atoms with Crippen LogP contribution in [-0.4, -0.2) is 29.7 Å². The fourth-order valence-corrected chi connectivity index (χ4v) is 1.60. The summed E-state index contributed by atoms with van der Waals surface area (Å²) in [5, 5.41) is 8.67. The summed E-state index contributed by atoms with van der Waals surface area (Å²) in [6.07, 6.45) is 4.88. The van der Waals surface area contributed by atoms with Crippen molar-refractivity contribution in [2.24, 2.45) is 0 Å². The van der Waals surface area contributed by atoms with Crippen LogP contribution in [0.1, 0.15) is 31.9 Å². The molecule has 0 saturated heterocycles. The minimum Gasteiger partial charge on any atom is -0.468 e. The lowest BCUT2D eigenvalue weighted by molar-refractivity contribution is 0.240. The average Bonchev–Trinajstić information content (AvgIpc) is 2.75. The summed E-state index contributed by atoms with van der Waals surface area (Å²) >= 11 is 0. The molecule has 0 radical (unpaired) electrons. The minimum atomic E-state index is 0.310. The van der Waals surface area contributed by atoms with Gasteiger partial charge in [0.25, 0.3) is 0 Å². The third-order valence-electron chi connectivity index (χ3n) is 2.54. The summed E-state index contributed by atoms with van der Waals surface area (Å²) in [4.78, 5) is 2.36. The summed E-state index contributed by atoms with van der Waals surface area (Å²) in [5.41, 5.74) is 0. The van der Waals surface area contributed by atoms with E-state index in [1.165, 1.54) is 0 Å². The zero-order chi connectivity index (χ0) is 10.9. The highest BCUT2D eigenvalue weighted by Crippen LogP contribution is 2.06. The van der Waals surface area contributed by atoms with E-state index >= 15 is 0 Å². The molecule has 0 aliphatic rings. The van der Waals surface area contributed by atoms with Crippen LogP contribution >= 0.6 is 0 Å². The summed E-state index contributed by atoms with van der Waals surface area (Å²) in [7, 11) is 0. The maximum atomic E-state index is 8.67. The van der Waals surface area contributed by atoms with E-state index in [1.54, 1.807) is 6.26 Å². The van der Waals surface area contributed by atoms with Crippen LogP contribution in [0, 0.1) is 0 Å². The highest BCUT2D eigenvalue weighted by molar-refractivity contribution is 4.97. The van der Waals surface area contributed by atoms with Gasteiger partial charge in [0.05, 0.1) is 12.8 Å². The Morgan fingerprint density at radius 1 is 1.33 bits per heavy atom. The van der Waals surface area contributed by atoms with E-state index in [4.69, 9.17) is 9.52 Å². The normalized spacial score (nSPS) is 11.1. The number of hydrogen-bond acceptors (Lipinski definition) is 3. The van der Waals surface area contributed by atoms with Gasteiger partial charge in [-0.15, -0.1) is 0 Å². The van der Waals surface area contributed by atoms with E-state index in [-0.39, 0.29) is 0 Å². The summed E-state index contributed by atoms with van der Waals surface area (Å²) in [6, 6.07) is 3.94. The molecule has 0 bridgehead atoms. The number of aliphatic hydroxyl groups excluding tert-OH is 1. The Hall–Kier alpha value is -0.800. The lowest BCUT2D eigenvalue weighted by Crippen LogP contribution is -2.23. The second kappa shape index (κ2) is 7.49. The molecule has 1 aromatic heterocycles. The average molecular weight is 211 g/mol. The molecule has 1 heterocycles. The maximum Gasteiger partial charge on any atom is 0.117 e. The molecule has 0 amide bonds. The monoisotopic (exact) mass is 211 g/mol. The highest BCUT2D eigenvalue weighted by atomic mass is 16.3. The number of aliphatic hydroxyl groups is 1. The second-order valence-corrected chi connectivity index (χ2v) is 3.73. The maximum absolute atomic E-state index is 8.67. The Bertz CT molecular complexity index is 234. The van der Waals surface area contributed by atoms with Crippen LogP contribution in [-0.2, 0) is 6.54 Å². The number of furan rings is 1. The second-order valence-electron chi connectivity index (χ2n) is 3.73. The Labute approximate surface area is 91.7 Å². The molecule has 3 nitrogen and oxygen atoms in total. The first-order valence-electron chi connectivity index (χ1n) is 5.72. The largest absolute Gasteiger partial charge is 0.468 e. The molecule has 0 aliphatic heterocycles. The van der Waals surface area contributed by atoms with Crippen LogP contribution in [0.5, 0.6) is 0 Å². The van der Waals surface area contributed by atoms with E-state index in [0.717, 1.165) is 44.7 Å². The first kappa shape index (κ1) is 12.3. The topological polar surface area (TPSA) is 36.6 Å². The summed E-state index contributed by atoms with van der Waals surface area (Å²) in [5.74, 6) is 1.03. The van der Waals surface area contributed by atoms with Gasteiger partial charge in [-0.2, -0.15) is 0 Å². The first-order chi connectivity index (χ1) is 7.36. The lowest BCUT2D eigenvalue weighted by Gasteiger charge is -2.18. The van der Waals surface area contributed by atoms with Gasteiger partial charge in [-0.25, -0.2) is 0 Å². The fourth-order valence-electron chi connectivity index (χ4n) is 1.60. The van der Waals surface area contributed by atoms with Crippen LogP contribution in [0.2, 0.25) is 0 Å². The van der Waals surface area contributed by atoms with Crippen molar-refractivity contribution in [3.8, 4) is 0 Å². The van der Waals surface area contributed by atoms with Crippen LogP contribution in [0.25, 0.3) is 0 Å². The third kappa shape index (κ3) is 5.00. The zero-order valence-corrected chi connectivity index (χ0v) is 9.48. The van der Waals surface area contributed by atoms with Gasteiger partial charge in [0.2, 0.25) is 0 Å². The molecule has 3 heteroatoms. The Morgan fingerprint density at radius 2 is 2.20 bits per heavy atom. The quantitative estimate of drug-likeness (QED) is 0.670. The van der Waals surface area contributed by atoms with E-state index in [2.05, 4.69) is 11.8 Å². The molecule has 0 saturated carbocycles. The van der Waals surface area contributed by atoms with Gasteiger partial charge in [0.15, 0.2) is 0 Å². The standard InChI is InChI=1S/C12H21NO2/c1-2-13(8-4-3-5-9-14)11-12-7-6-10-15-12/h6-7,10,14H,2-5,8-9,11H2,1H3. The van der Waals surface area contributed by atoms with Crippen molar-refractivity contribution in [3.63, 3.8) is 0 Å². The van der Waals surface area contributed by atoms with Gasteiger partial charge < -0.3 is 9.52 Å². The molecular formula is C12H21NO2. The molecule has 86 valence electrons. The van der Waals surface area contributed by atoms with Gasteiger partial charge in [-0.3, -0.25) is 4.90 Å². The van der Waals surface area contributed by atoms with Crippen molar-refractivity contribution < 1.29 is 9.52 Å². The first-order valence-corrected chi connectivity index (χ1v) is 5.72. The smallest absolute Gasteiger partial charge is 0.117 e. The molecule has 0 fully saturated rings. The van der Waals surface area contributed by atoms with Gasteiger partial charge in [0, 0.05) is 6.61 Å². The van der Waals surface area contributed by atoms with Gasteiger partial charge in [-0.1, -0.05) is 6.92 Å². The van der Waals surface area contributed by atoms with Crippen molar-refractivity contribution in [2.75, 3.05) is 19.7 Å². The summed E-state index contributed by atoms with van der Waals surface area (Å²) < 4.78 is 5.31. The predicted molar refractivity (Wildman–Crippen MR) is 60.6 cm³/mol. The molecule has 1 aromatic rings. The van der Waals surface area contributed by atoms with Crippen molar-refractivity contribution in [1.82, 2.24) is 4.90 Å². The zero-order valence-electron chi connectivity index (χ0n) is 9.48. The molecule has 15 heavy (non-hydrogen) atoms. The molecule has 1 N–H and O–H groups in total. The molecule has 0 aromatic carbocycles. The highest BCUT2D eigenvalue weighted by Gasteiger charge is 2.04.